The fraction of sp³-hybridized carbons (Fsp3) is 0.172. The van der Waals surface area contributed by atoms with Gasteiger partial charge in [0.1, 0.15) is 11.8 Å². The third-order valence-corrected chi connectivity index (χ3v) is 6.59. The molecule has 1 N–H and O–H groups in total. The summed E-state index contributed by atoms with van der Waals surface area (Å²) < 4.78 is 5.42. The van der Waals surface area contributed by atoms with Gasteiger partial charge in [-0.1, -0.05) is 72.3 Å². The van der Waals surface area contributed by atoms with Gasteiger partial charge in [0.25, 0.3) is 0 Å². The standard InChI is InChI=1S/C29H28N2O3S/c1-21-13-15-23(16-14-21)28(29(33)30-20-22-8-4-3-5-9-22)31(24-10-6-11-25(18-24)34-2)27(32)19-26-12-7-17-35-26/h3-18,28H,19-20H2,1-2H3,(H,30,33)/t28-/m0/s1. The third kappa shape index (κ3) is 6.16. The number of aryl methyl sites for hydroxylation is 1. The van der Waals surface area contributed by atoms with Gasteiger partial charge in [0.15, 0.2) is 0 Å². The number of anilines is 1. The minimum atomic E-state index is -0.848. The Morgan fingerprint density at radius 1 is 0.943 bits per heavy atom. The summed E-state index contributed by atoms with van der Waals surface area (Å²) in [5.41, 5.74) is 3.41. The van der Waals surface area contributed by atoms with Gasteiger partial charge in [-0.3, -0.25) is 14.5 Å². The quantitative estimate of drug-likeness (QED) is 0.332. The summed E-state index contributed by atoms with van der Waals surface area (Å²) in [4.78, 5) is 30.1. The van der Waals surface area contributed by atoms with Crippen molar-refractivity contribution in [3.8, 4) is 5.75 Å². The third-order valence-electron chi connectivity index (χ3n) is 5.71. The van der Waals surface area contributed by atoms with E-state index in [1.54, 1.807) is 18.1 Å². The average molecular weight is 485 g/mol. The highest BCUT2D eigenvalue weighted by Gasteiger charge is 2.33. The summed E-state index contributed by atoms with van der Waals surface area (Å²) in [5.74, 6) is 0.199. The number of carbonyl (C=O) groups excluding carboxylic acids is 2. The highest BCUT2D eigenvalue weighted by atomic mass is 32.1. The number of methoxy groups -OCH3 is 1. The van der Waals surface area contributed by atoms with Gasteiger partial charge >= 0.3 is 0 Å². The molecule has 0 spiro atoms. The Hall–Kier alpha value is -3.90. The van der Waals surface area contributed by atoms with Crippen LogP contribution in [0.1, 0.15) is 27.6 Å². The van der Waals surface area contributed by atoms with Crippen molar-refractivity contribution in [1.82, 2.24) is 5.32 Å². The fourth-order valence-electron chi connectivity index (χ4n) is 3.89. The lowest BCUT2D eigenvalue weighted by Gasteiger charge is -2.32. The Kier molecular flexibility index (Phi) is 7.95. The lowest BCUT2D eigenvalue weighted by Crippen LogP contribution is -2.44. The molecule has 35 heavy (non-hydrogen) atoms. The van der Waals surface area contributed by atoms with Crippen molar-refractivity contribution in [2.45, 2.75) is 25.9 Å². The van der Waals surface area contributed by atoms with Crippen LogP contribution in [0.5, 0.6) is 5.75 Å². The van der Waals surface area contributed by atoms with Gasteiger partial charge in [0, 0.05) is 23.2 Å². The number of hydrogen-bond acceptors (Lipinski definition) is 4. The molecule has 5 nitrogen and oxygen atoms in total. The molecule has 0 saturated heterocycles. The van der Waals surface area contributed by atoms with Gasteiger partial charge in [-0.05, 0) is 41.6 Å². The molecule has 0 fully saturated rings. The lowest BCUT2D eigenvalue weighted by atomic mass is 10.0. The Labute approximate surface area is 210 Å². The highest BCUT2D eigenvalue weighted by Crippen LogP contribution is 2.31. The summed E-state index contributed by atoms with van der Waals surface area (Å²) in [6.45, 7) is 2.36. The van der Waals surface area contributed by atoms with Gasteiger partial charge in [-0.15, -0.1) is 11.3 Å². The number of nitrogens with one attached hydrogen (secondary N) is 1. The molecule has 4 aromatic rings. The van der Waals surface area contributed by atoms with Gasteiger partial charge in [0.05, 0.1) is 13.5 Å². The molecular formula is C29H28N2O3S. The molecular weight excluding hydrogens is 456 g/mol. The lowest BCUT2D eigenvalue weighted by molar-refractivity contribution is -0.126. The first-order valence-electron chi connectivity index (χ1n) is 11.4. The van der Waals surface area contributed by atoms with Crippen LogP contribution in [0.25, 0.3) is 0 Å². The summed E-state index contributed by atoms with van der Waals surface area (Å²) >= 11 is 1.52. The zero-order chi connectivity index (χ0) is 24.6. The predicted octanol–water partition coefficient (Wildman–Crippen LogP) is 5.70. The van der Waals surface area contributed by atoms with Crippen LogP contribution in [0.3, 0.4) is 0 Å². The van der Waals surface area contributed by atoms with Crippen LogP contribution < -0.4 is 15.0 Å². The van der Waals surface area contributed by atoms with E-state index in [2.05, 4.69) is 5.32 Å². The minimum Gasteiger partial charge on any atom is -0.497 e. The maximum Gasteiger partial charge on any atom is 0.248 e. The van der Waals surface area contributed by atoms with Crippen LogP contribution in [0, 0.1) is 6.92 Å². The number of carbonyl (C=O) groups is 2. The van der Waals surface area contributed by atoms with Crippen LogP contribution in [0.2, 0.25) is 0 Å². The molecule has 0 radical (unpaired) electrons. The molecule has 4 rings (SSSR count). The van der Waals surface area contributed by atoms with Gasteiger partial charge in [-0.2, -0.15) is 0 Å². The molecule has 6 heteroatoms. The number of amides is 2. The predicted molar refractivity (Wildman–Crippen MR) is 141 cm³/mol. The van der Waals surface area contributed by atoms with E-state index in [0.717, 1.165) is 21.6 Å². The molecule has 0 aliphatic carbocycles. The number of hydrogen-bond donors (Lipinski definition) is 1. The molecule has 1 heterocycles. The molecule has 0 bridgehead atoms. The monoisotopic (exact) mass is 484 g/mol. The van der Waals surface area contributed by atoms with Crippen molar-refractivity contribution in [2.24, 2.45) is 0 Å². The molecule has 2 amide bonds. The summed E-state index contributed by atoms with van der Waals surface area (Å²) in [7, 11) is 1.58. The molecule has 3 aromatic carbocycles. The zero-order valence-corrected chi connectivity index (χ0v) is 20.6. The first-order valence-corrected chi connectivity index (χ1v) is 12.3. The molecule has 0 aliphatic rings. The number of nitrogens with zero attached hydrogens (tertiary/aromatic N) is 1. The Balaban J connectivity index is 1.75. The topological polar surface area (TPSA) is 58.6 Å². The largest absolute Gasteiger partial charge is 0.497 e. The maximum absolute atomic E-state index is 13.8. The van der Waals surface area contributed by atoms with E-state index in [-0.39, 0.29) is 18.2 Å². The summed E-state index contributed by atoms with van der Waals surface area (Å²) in [5, 5.41) is 4.99. The normalized spacial score (nSPS) is 11.5. The Morgan fingerprint density at radius 3 is 2.40 bits per heavy atom. The summed E-state index contributed by atoms with van der Waals surface area (Å²) in [6.07, 6.45) is 0.198. The smallest absolute Gasteiger partial charge is 0.248 e. The van der Waals surface area contributed by atoms with Crippen molar-refractivity contribution < 1.29 is 14.3 Å². The maximum atomic E-state index is 13.8. The van der Waals surface area contributed by atoms with Gasteiger partial charge in [0.2, 0.25) is 11.8 Å². The van der Waals surface area contributed by atoms with E-state index < -0.39 is 6.04 Å². The SMILES string of the molecule is COc1cccc(N(C(=O)Cc2cccs2)[C@H](C(=O)NCc2ccccc2)c2ccc(C)cc2)c1. The van der Waals surface area contributed by atoms with Crippen LogP contribution in [-0.2, 0) is 22.6 Å². The number of thiophene rings is 1. The number of rotatable bonds is 9. The van der Waals surface area contributed by atoms with Crippen LogP contribution in [0.4, 0.5) is 5.69 Å². The first kappa shape index (κ1) is 24.2. The number of ether oxygens (including phenoxy) is 1. The van der Waals surface area contributed by atoms with E-state index in [1.165, 1.54) is 11.3 Å². The van der Waals surface area contributed by atoms with Crippen LogP contribution in [0.15, 0.2) is 96.4 Å². The average Bonchev–Trinajstić information content (AvgIpc) is 3.40. The zero-order valence-electron chi connectivity index (χ0n) is 19.8. The number of benzene rings is 3. The second kappa shape index (κ2) is 11.5. The summed E-state index contributed by atoms with van der Waals surface area (Å²) in [6, 6.07) is 27.8. The van der Waals surface area contributed by atoms with Crippen molar-refractivity contribution in [3.63, 3.8) is 0 Å². The van der Waals surface area contributed by atoms with E-state index in [0.29, 0.717) is 18.0 Å². The highest BCUT2D eigenvalue weighted by molar-refractivity contribution is 7.10. The van der Waals surface area contributed by atoms with Crippen molar-refractivity contribution in [2.75, 3.05) is 12.0 Å². The van der Waals surface area contributed by atoms with Crippen molar-refractivity contribution in [1.29, 1.82) is 0 Å². The van der Waals surface area contributed by atoms with Crippen molar-refractivity contribution >= 4 is 28.8 Å². The van der Waals surface area contributed by atoms with Gasteiger partial charge < -0.3 is 10.1 Å². The molecule has 0 saturated carbocycles. The second-order valence-electron chi connectivity index (χ2n) is 8.24. The molecule has 178 valence electrons. The molecule has 0 aliphatic heterocycles. The minimum absolute atomic E-state index is 0.166. The van der Waals surface area contributed by atoms with Gasteiger partial charge in [-0.25, -0.2) is 0 Å². The molecule has 1 aromatic heterocycles. The fourth-order valence-corrected chi connectivity index (χ4v) is 4.59. The van der Waals surface area contributed by atoms with E-state index >= 15 is 0 Å². The van der Waals surface area contributed by atoms with E-state index in [9.17, 15) is 9.59 Å². The Bertz CT molecular complexity index is 1250. The van der Waals surface area contributed by atoms with Crippen LogP contribution in [-0.4, -0.2) is 18.9 Å². The van der Waals surface area contributed by atoms with E-state index in [1.807, 2.05) is 97.2 Å². The first-order chi connectivity index (χ1) is 17.0. The van der Waals surface area contributed by atoms with E-state index in [4.69, 9.17) is 4.74 Å². The van der Waals surface area contributed by atoms with Crippen molar-refractivity contribution in [3.05, 3.63) is 118 Å². The van der Waals surface area contributed by atoms with Crippen LogP contribution >= 0.6 is 11.3 Å². The Morgan fingerprint density at radius 2 is 1.71 bits per heavy atom. The molecule has 0 unspecified atom stereocenters. The second-order valence-corrected chi connectivity index (χ2v) is 9.27. The molecule has 1 atom stereocenters.